The summed E-state index contributed by atoms with van der Waals surface area (Å²) in [6, 6.07) is 2.89. The van der Waals surface area contributed by atoms with E-state index in [4.69, 9.17) is 32.7 Å². The first-order valence-corrected chi connectivity index (χ1v) is 12.5. The molecular weight excluding hydrogens is 493 g/mol. The average molecular weight is 516 g/mol. The number of halogens is 2. The molecule has 0 aliphatic carbocycles. The van der Waals surface area contributed by atoms with Gasteiger partial charge >= 0.3 is 5.97 Å². The average Bonchev–Trinajstić information content (AvgIpc) is 3.25. The van der Waals surface area contributed by atoms with Crippen LogP contribution in [-0.4, -0.2) is 55.3 Å². The standard InChI is InChI=1S/C21H23Cl2N3O6S/c1-12-8-17(18(31-3)9-16(12)22)24-19(27)10-32-20(28)5-4-15-13(2)25-26(21(15)23)14-6-7-33(29,30)11-14/h4-5,8-9,14H,6-7,10-11H2,1-3H3,(H,24,27)/b5-4+/t14-/m1/s1. The molecule has 0 radical (unpaired) electrons. The van der Waals surface area contributed by atoms with E-state index in [0.717, 1.165) is 11.6 Å². The number of methoxy groups -OCH3 is 1. The summed E-state index contributed by atoms with van der Waals surface area (Å²) in [5.41, 5.74) is 2.16. The maximum Gasteiger partial charge on any atom is 0.331 e. The molecule has 1 N–H and O–H groups in total. The summed E-state index contributed by atoms with van der Waals surface area (Å²) in [6.45, 7) is 2.97. The van der Waals surface area contributed by atoms with Gasteiger partial charge in [-0.3, -0.25) is 4.79 Å². The molecule has 1 aliphatic rings. The van der Waals surface area contributed by atoms with Gasteiger partial charge in [-0.15, -0.1) is 0 Å². The second kappa shape index (κ2) is 10.1. The van der Waals surface area contributed by atoms with E-state index in [1.165, 1.54) is 17.9 Å². The van der Waals surface area contributed by atoms with Gasteiger partial charge < -0.3 is 14.8 Å². The number of hydrogen-bond donors (Lipinski definition) is 1. The Bertz CT molecular complexity index is 1220. The van der Waals surface area contributed by atoms with E-state index in [0.29, 0.717) is 34.1 Å². The van der Waals surface area contributed by atoms with Crippen LogP contribution in [-0.2, 0) is 24.2 Å². The molecule has 9 nitrogen and oxygen atoms in total. The van der Waals surface area contributed by atoms with Crippen LogP contribution in [0.5, 0.6) is 5.75 Å². The van der Waals surface area contributed by atoms with Crippen molar-refractivity contribution < 1.29 is 27.5 Å². The summed E-state index contributed by atoms with van der Waals surface area (Å²) >= 11 is 12.4. The minimum absolute atomic E-state index is 0.0217. The number of nitrogens with zero attached hydrogens (tertiary/aromatic N) is 2. The molecule has 1 aromatic carbocycles. The number of ether oxygens (including phenoxy) is 2. The summed E-state index contributed by atoms with van der Waals surface area (Å²) in [6.07, 6.45) is 2.99. The van der Waals surface area contributed by atoms with E-state index < -0.39 is 28.3 Å². The Balaban J connectivity index is 1.60. The van der Waals surface area contributed by atoms with Crippen LogP contribution in [0.3, 0.4) is 0 Å². The first-order chi connectivity index (χ1) is 15.5. The molecule has 1 amide bonds. The third-order valence-corrected chi connectivity index (χ3v) is 7.65. The fraction of sp³-hybridized carbons (Fsp3) is 0.381. The molecule has 0 unspecified atom stereocenters. The second-order valence-electron chi connectivity index (χ2n) is 7.58. The fourth-order valence-corrected chi connectivity index (χ4v) is 5.61. The van der Waals surface area contributed by atoms with Crippen molar-refractivity contribution in [3.05, 3.63) is 45.2 Å². The van der Waals surface area contributed by atoms with Crippen molar-refractivity contribution in [3.63, 3.8) is 0 Å². The highest BCUT2D eigenvalue weighted by atomic mass is 35.5. The number of benzene rings is 1. The molecule has 1 fully saturated rings. The Morgan fingerprint density at radius 3 is 2.67 bits per heavy atom. The lowest BCUT2D eigenvalue weighted by molar-refractivity contribution is -0.142. The highest BCUT2D eigenvalue weighted by Gasteiger charge is 2.31. The Hall–Kier alpha value is -2.56. The molecule has 3 rings (SSSR count). The van der Waals surface area contributed by atoms with Crippen LogP contribution in [0, 0.1) is 13.8 Å². The molecule has 12 heteroatoms. The number of amides is 1. The quantitative estimate of drug-likeness (QED) is 0.443. The maximum absolute atomic E-state index is 12.2. The number of hydrogen-bond acceptors (Lipinski definition) is 7. The van der Waals surface area contributed by atoms with Gasteiger partial charge in [-0.2, -0.15) is 5.10 Å². The number of sulfone groups is 1. The van der Waals surface area contributed by atoms with E-state index in [2.05, 4.69) is 10.4 Å². The minimum atomic E-state index is -3.10. The molecule has 1 saturated heterocycles. The van der Waals surface area contributed by atoms with Crippen molar-refractivity contribution in [1.82, 2.24) is 9.78 Å². The Morgan fingerprint density at radius 1 is 1.30 bits per heavy atom. The zero-order chi connectivity index (χ0) is 24.3. The lowest BCUT2D eigenvalue weighted by atomic mass is 10.2. The molecule has 1 atom stereocenters. The Labute approximate surface area is 201 Å². The fourth-order valence-electron chi connectivity index (χ4n) is 3.38. The first kappa shape index (κ1) is 25.1. The van der Waals surface area contributed by atoms with Gasteiger partial charge in [0.05, 0.1) is 36.0 Å². The number of aromatic nitrogens is 2. The van der Waals surface area contributed by atoms with E-state index in [1.807, 2.05) is 0 Å². The van der Waals surface area contributed by atoms with Crippen LogP contribution < -0.4 is 10.1 Å². The number of carbonyl (C=O) groups is 2. The summed E-state index contributed by atoms with van der Waals surface area (Å²) < 4.78 is 35.1. The van der Waals surface area contributed by atoms with Crippen LogP contribution in [0.1, 0.15) is 29.3 Å². The summed E-state index contributed by atoms with van der Waals surface area (Å²) in [5, 5.41) is 7.66. The predicted octanol–water partition coefficient (Wildman–Crippen LogP) is 3.37. The van der Waals surface area contributed by atoms with Gasteiger partial charge in [-0.25, -0.2) is 17.9 Å². The third-order valence-electron chi connectivity index (χ3n) is 5.11. The number of anilines is 1. The molecular formula is C21H23Cl2N3O6S. The summed E-state index contributed by atoms with van der Waals surface area (Å²) in [4.78, 5) is 24.3. The lowest BCUT2D eigenvalue weighted by Gasteiger charge is -2.12. The third kappa shape index (κ3) is 6.07. The van der Waals surface area contributed by atoms with Gasteiger partial charge in [0.15, 0.2) is 16.4 Å². The number of rotatable bonds is 7. The van der Waals surface area contributed by atoms with Crippen molar-refractivity contribution >= 4 is 56.7 Å². The monoisotopic (exact) mass is 515 g/mol. The van der Waals surface area contributed by atoms with Crippen LogP contribution >= 0.6 is 23.2 Å². The maximum atomic E-state index is 12.2. The van der Waals surface area contributed by atoms with Crippen LogP contribution in [0.25, 0.3) is 6.08 Å². The van der Waals surface area contributed by atoms with Crippen LogP contribution in [0.2, 0.25) is 10.2 Å². The van der Waals surface area contributed by atoms with Gasteiger partial charge in [-0.1, -0.05) is 23.2 Å². The normalized spacial score (nSPS) is 17.3. The lowest BCUT2D eigenvalue weighted by Crippen LogP contribution is -2.20. The smallest absolute Gasteiger partial charge is 0.331 e. The van der Waals surface area contributed by atoms with Gasteiger partial charge in [-0.05, 0) is 38.0 Å². The van der Waals surface area contributed by atoms with E-state index >= 15 is 0 Å². The zero-order valence-electron chi connectivity index (χ0n) is 18.2. The van der Waals surface area contributed by atoms with Crippen LogP contribution in [0.15, 0.2) is 18.2 Å². The highest BCUT2D eigenvalue weighted by molar-refractivity contribution is 7.91. The van der Waals surface area contributed by atoms with Crippen molar-refractivity contribution in [2.75, 3.05) is 30.5 Å². The molecule has 1 aliphatic heterocycles. The zero-order valence-corrected chi connectivity index (χ0v) is 20.6. The van der Waals surface area contributed by atoms with Crippen molar-refractivity contribution in [3.8, 4) is 5.75 Å². The van der Waals surface area contributed by atoms with Crippen LogP contribution in [0.4, 0.5) is 5.69 Å². The predicted molar refractivity (Wildman–Crippen MR) is 126 cm³/mol. The van der Waals surface area contributed by atoms with Gasteiger partial charge in [0.25, 0.3) is 5.91 Å². The van der Waals surface area contributed by atoms with Crippen molar-refractivity contribution in [1.29, 1.82) is 0 Å². The second-order valence-corrected chi connectivity index (χ2v) is 10.6. The van der Waals surface area contributed by atoms with Crippen molar-refractivity contribution in [2.24, 2.45) is 0 Å². The summed E-state index contributed by atoms with van der Waals surface area (Å²) in [7, 11) is -1.65. The van der Waals surface area contributed by atoms with E-state index in [9.17, 15) is 18.0 Å². The molecule has 178 valence electrons. The van der Waals surface area contributed by atoms with Gasteiger partial charge in [0.2, 0.25) is 0 Å². The van der Waals surface area contributed by atoms with E-state index in [-0.39, 0.29) is 22.7 Å². The number of aryl methyl sites for hydroxylation is 2. The Morgan fingerprint density at radius 2 is 2.03 bits per heavy atom. The van der Waals surface area contributed by atoms with Gasteiger partial charge in [0.1, 0.15) is 10.9 Å². The molecule has 2 heterocycles. The number of esters is 1. The SMILES string of the molecule is COc1cc(Cl)c(C)cc1NC(=O)COC(=O)/C=C/c1c(C)nn([C@@H]2CCS(=O)(=O)C2)c1Cl. The molecule has 0 saturated carbocycles. The largest absolute Gasteiger partial charge is 0.495 e. The molecule has 0 spiro atoms. The molecule has 0 bridgehead atoms. The topological polar surface area (TPSA) is 117 Å². The molecule has 1 aromatic heterocycles. The molecule has 2 aromatic rings. The minimum Gasteiger partial charge on any atom is -0.495 e. The molecule has 33 heavy (non-hydrogen) atoms. The number of nitrogens with one attached hydrogen (secondary N) is 1. The highest BCUT2D eigenvalue weighted by Crippen LogP contribution is 2.31. The number of carbonyl (C=O) groups excluding carboxylic acids is 2. The summed E-state index contributed by atoms with van der Waals surface area (Å²) in [5.74, 6) is -0.861. The van der Waals surface area contributed by atoms with Gasteiger partial charge in [0, 0.05) is 22.7 Å². The first-order valence-electron chi connectivity index (χ1n) is 9.94. The van der Waals surface area contributed by atoms with E-state index in [1.54, 1.807) is 26.0 Å². The van der Waals surface area contributed by atoms with Crippen molar-refractivity contribution in [2.45, 2.75) is 26.3 Å². The Kier molecular flexibility index (Phi) is 7.71.